The Labute approximate surface area is 161 Å². The zero-order chi connectivity index (χ0) is 20.0. The van der Waals surface area contributed by atoms with Crippen molar-refractivity contribution in [2.24, 2.45) is 0 Å². The highest BCUT2D eigenvalue weighted by Crippen LogP contribution is 2.35. The fourth-order valence-corrected chi connectivity index (χ4v) is 4.88. The molecule has 0 saturated carbocycles. The van der Waals surface area contributed by atoms with Crippen LogP contribution >= 0.6 is 22.9 Å². The van der Waals surface area contributed by atoms with Gasteiger partial charge in [0, 0.05) is 6.54 Å². The molecule has 0 aliphatic carbocycles. The lowest BCUT2D eigenvalue weighted by molar-refractivity contribution is -0.137. The third kappa shape index (κ3) is 3.83. The third-order valence-electron chi connectivity index (χ3n) is 3.80. The van der Waals surface area contributed by atoms with Gasteiger partial charge in [-0.3, -0.25) is 14.1 Å². The lowest BCUT2D eigenvalue weighted by Gasteiger charge is -2.13. The van der Waals surface area contributed by atoms with Crippen molar-refractivity contribution >= 4 is 48.9 Å². The summed E-state index contributed by atoms with van der Waals surface area (Å²) in [7, 11) is -4.21. The smallest absolute Gasteiger partial charge is 0.299 e. The highest BCUT2D eigenvalue weighted by Gasteiger charge is 2.31. The van der Waals surface area contributed by atoms with E-state index in [2.05, 4.69) is 4.72 Å². The molecule has 1 aromatic heterocycles. The molecule has 11 heteroatoms. The Hall–Kier alpha value is -2.04. The van der Waals surface area contributed by atoms with Gasteiger partial charge < -0.3 is 0 Å². The summed E-state index contributed by atoms with van der Waals surface area (Å²) in [5.74, 6) is 0. The number of anilines is 1. The zero-order valence-corrected chi connectivity index (χ0v) is 16.1. The maximum Gasteiger partial charge on any atom is 0.416 e. The normalized spacial score (nSPS) is 12.5. The highest BCUT2D eigenvalue weighted by atomic mass is 35.5. The highest BCUT2D eigenvalue weighted by molar-refractivity contribution is 7.92. The Morgan fingerprint density at radius 1 is 1.19 bits per heavy atom. The maximum absolute atomic E-state index is 12.9. The second-order valence-corrected chi connectivity index (χ2v) is 8.62. The van der Waals surface area contributed by atoms with Gasteiger partial charge in [-0.15, -0.1) is 0 Å². The van der Waals surface area contributed by atoms with Crippen LogP contribution in [0.3, 0.4) is 0 Å². The lowest BCUT2D eigenvalue weighted by Crippen LogP contribution is -2.14. The second-order valence-electron chi connectivity index (χ2n) is 5.54. The molecule has 5 nitrogen and oxygen atoms in total. The average Bonchev–Trinajstić information content (AvgIpc) is 2.89. The van der Waals surface area contributed by atoms with Gasteiger partial charge in [-0.2, -0.15) is 13.2 Å². The van der Waals surface area contributed by atoms with E-state index in [1.807, 2.05) is 0 Å². The average molecular weight is 437 g/mol. The number of halogens is 4. The van der Waals surface area contributed by atoms with Crippen LogP contribution in [0.1, 0.15) is 12.5 Å². The van der Waals surface area contributed by atoms with Crippen molar-refractivity contribution in [2.45, 2.75) is 24.5 Å². The molecule has 2 aromatic carbocycles. The number of sulfonamides is 1. The Bertz CT molecular complexity index is 1180. The SMILES string of the molecule is CCn1c(=O)sc2cc(S(=O)(=O)Nc3cc(C(F)(F)F)ccc3Cl)ccc21. The summed E-state index contributed by atoms with van der Waals surface area (Å²) in [4.78, 5) is 11.5. The van der Waals surface area contributed by atoms with Crippen LogP contribution in [0.25, 0.3) is 10.2 Å². The molecule has 0 atom stereocenters. The summed E-state index contributed by atoms with van der Waals surface area (Å²) >= 11 is 6.73. The second kappa shape index (κ2) is 6.84. The number of benzene rings is 2. The van der Waals surface area contributed by atoms with Crippen LogP contribution in [0, 0.1) is 0 Å². The monoisotopic (exact) mass is 436 g/mol. The number of nitrogens with one attached hydrogen (secondary N) is 1. The maximum atomic E-state index is 12.9. The van der Waals surface area contributed by atoms with Gasteiger partial charge in [-0.05, 0) is 43.3 Å². The van der Waals surface area contributed by atoms with Gasteiger partial charge in [0.25, 0.3) is 10.0 Å². The van der Waals surface area contributed by atoms with E-state index in [0.717, 1.165) is 23.5 Å². The van der Waals surface area contributed by atoms with Crippen LogP contribution in [0.4, 0.5) is 18.9 Å². The molecule has 0 radical (unpaired) electrons. The van der Waals surface area contributed by atoms with E-state index in [0.29, 0.717) is 22.8 Å². The van der Waals surface area contributed by atoms with Crippen molar-refractivity contribution in [3.8, 4) is 0 Å². The van der Waals surface area contributed by atoms with Crippen molar-refractivity contribution in [1.82, 2.24) is 4.57 Å². The quantitative estimate of drug-likeness (QED) is 0.652. The number of rotatable bonds is 4. The molecule has 0 saturated heterocycles. The number of hydrogen-bond acceptors (Lipinski definition) is 4. The molecule has 0 fully saturated rings. The van der Waals surface area contributed by atoms with Crippen LogP contribution < -0.4 is 9.60 Å². The summed E-state index contributed by atoms with van der Waals surface area (Å²) in [6.45, 7) is 2.22. The number of fused-ring (bicyclic) bond motifs is 1. The van der Waals surface area contributed by atoms with E-state index < -0.39 is 21.8 Å². The van der Waals surface area contributed by atoms with E-state index >= 15 is 0 Å². The van der Waals surface area contributed by atoms with Crippen LogP contribution in [0.5, 0.6) is 0 Å². The molecule has 1 heterocycles. The summed E-state index contributed by atoms with van der Waals surface area (Å²) in [5.41, 5.74) is -0.826. The summed E-state index contributed by atoms with van der Waals surface area (Å²) in [5, 5.41) is -0.172. The molecule has 3 rings (SSSR count). The standard InChI is InChI=1S/C16H12ClF3N2O3S2/c1-2-22-13-6-4-10(8-14(13)26-15(22)23)27(24,25)21-12-7-9(16(18,19)20)3-5-11(12)17/h3-8,21H,2H2,1H3. The molecule has 27 heavy (non-hydrogen) atoms. The molecule has 3 aromatic rings. The minimum Gasteiger partial charge on any atom is -0.299 e. The zero-order valence-electron chi connectivity index (χ0n) is 13.7. The van der Waals surface area contributed by atoms with Crippen molar-refractivity contribution in [3.63, 3.8) is 0 Å². The van der Waals surface area contributed by atoms with Crippen LogP contribution in [-0.2, 0) is 22.7 Å². The molecule has 0 aliphatic heterocycles. The third-order valence-corrected chi connectivity index (χ3v) is 6.44. The van der Waals surface area contributed by atoms with E-state index in [1.165, 1.54) is 22.8 Å². The van der Waals surface area contributed by atoms with Gasteiger partial charge in [0.1, 0.15) is 0 Å². The molecule has 0 amide bonds. The molecule has 0 aliphatic rings. The van der Waals surface area contributed by atoms with Crippen molar-refractivity contribution < 1.29 is 21.6 Å². The Balaban J connectivity index is 2.03. The molecule has 0 unspecified atom stereocenters. The molecule has 0 bridgehead atoms. The summed E-state index contributed by atoms with van der Waals surface area (Å²) in [6, 6.07) is 6.43. The minimum absolute atomic E-state index is 0.172. The number of alkyl halides is 3. The largest absolute Gasteiger partial charge is 0.416 e. The molecular weight excluding hydrogens is 425 g/mol. The number of aryl methyl sites for hydroxylation is 1. The number of thiazole rings is 1. The van der Waals surface area contributed by atoms with Crippen LogP contribution in [0.15, 0.2) is 46.1 Å². The molecule has 1 N–H and O–H groups in total. The van der Waals surface area contributed by atoms with E-state index in [1.54, 1.807) is 6.92 Å². The topological polar surface area (TPSA) is 68.2 Å². The van der Waals surface area contributed by atoms with E-state index in [4.69, 9.17) is 11.6 Å². The van der Waals surface area contributed by atoms with Gasteiger partial charge in [0.15, 0.2) is 0 Å². The van der Waals surface area contributed by atoms with Crippen molar-refractivity contribution in [3.05, 3.63) is 56.7 Å². The molecule has 0 spiro atoms. The first-order chi connectivity index (χ1) is 12.5. The predicted molar refractivity (Wildman–Crippen MR) is 99.0 cm³/mol. The van der Waals surface area contributed by atoms with Gasteiger partial charge in [0.05, 0.1) is 31.4 Å². The Morgan fingerprint density at radius 3 is 2.52 bits per heavy atom. The van der Waals surface area contributed by atoms with Gasteiger partial charge in [-0.1, -0.05) is 22.9 Å². The first-order valence-corrected chi connectivity index (χ1v) is 10.2. The summed E-state index contributed by atoms with van der Waals surface area (Å²) in [6.07, 6.45) is -4.64. The van der Waals surface area contributed by atoms with Crippen molar-refractivity contribution in [1.29, 1.82) is 0 Å². The number of nitrogens with zero attached hydrogens (tertiary/aromatic N) is 1. The van der Waals surface area contributed by atoms with Crippen LogP contribution in [-0.4, -0.2) is 13.0 Å². The summed E-state index contributed by atoms with van der Waals surface area (Å²) < 4.78 is 67.8. The van der Waals surface area contributed by atoms with Crippen LogP contribution in [0.2, 0.25) is 5.02 Å². The molecular formula is C16H12ClF3N2O3S2. The Kier molecular flexibility index (Phi) is 5.00. The predicted octanol–water partition coefficient (Wildman–Crippen LogP) is 4.56. The van der Waals surface area contributed by atoms with Gasteiger partial charge in [-0.25, -0.2) is 8.42 Å². The van der Waals surface area contributed by atoms with Gasteiger partial charge in [0.2, 0.25) is 0 Å². The number of hydrogen-bond donors (Lipinski definition) is 1. The molecule has 144 valence electrons. The lowest BCUT2D eigenvalue weighted by atomic mass is 10.2. The Morgan fingerprint density at radius 2 is 1.89 bits per heavy atom. The fraction of sp³-hybridized carbons (Fsp3) is 0.188. The van der Waals surface area contributed by atoms with Gasteiger partial charge >= 0.3 is 11.0 Å². The number of aromatic nitrogens is 1. The first kappa shape index (κ1) is 19.7. The minimum atomic E-state index is -4.64. The van der Waals surface area contributed by atoms with Crippen molar-refractivity contribution in [2.75, 3.05) is 4.72 Å². The van der Waals surface area contributed by atoms with E-state index in [9.17, 15) is 26.4 Å². The fourth-order valence-electron chi connectivity index (χ4n) is 2.50. The first-order valence-electron chi connectivity index (χ1n) is 7.56. The van der Waals surface area contributed by atoms with E-state index in [-0.39, 0.29) is 20.5 Å².